The van der Waals surface area contributed by atoms with Crippen molar-refractivity contribution < 1.29 is 9.94 Å². The number of amidine groups is 1. The molecule has 2 unspecified atom stereocenters. The molecule has 1 aromatic rings. The number of aromatic nitrogens is 1. The third kappa shape index (κ3) is 2.96. The molecule has 0 amide bonds. The average Bonchev–Trinajstić information content (AvgIpc) is 2.47. The van der Waals surface area contributed by atoms with E-state index in [0.717, 1.165) is 25.3 Å². The van der Waals surface area contributed by atoms with E-state index in [0.29, 0.717) is 11.5 Å². The Morgan fingerprint density at radius 1 is 1.63 bits per heavy atom. The van der Waals surface area contributed by atoms with Crippen LogP contribution in [0.25, 0.3) is 0 Å². The van der Waals surface area contributed by atoms with Crippen LogP contribution in [0.2, 0.25) is 0 Å². The molecule has 19 heavy (non-hydrogen) atoms. The van der Waals surface area contributed by atoms with Gasteiger partial charge in [-0.05, 0) is 24.5 Å². The highest BCUT2D eigenvalue weighted by Gasteiger charge is 2.26. The van der Waals surface area contributed by atoms with E-state index in [1.807, 2.05) is 6.07 Å². The van der Waals surface area contributed by atoms with Gasteiger partial charge in [0, 0.05) is 32.0 Å². The number of anilines is 1. The minimum atomic E-state index is 0.0947. The number of hydrogen-bond donors (Lipinski definition) is 2. The van der Waals surface area contributed by atoms with Crippen molar-refractivity contribution in [3.63, 3.8) is 0 Å². The quantitative estimate of drug-likeness (QED) is 0.369. The van der Waals surface area contributed by atoms with Crippen molar-refractivity contribution in [2.75, 3.05) is 25.1 Å². The lowest BCUT2D eigenvalue weighted by atomic mass is 9.96. The van der Waals surface area contributed by atoms with Crippen LogP contribution in [-0.2, 0) is 4.74 Å². The lowest BCUT2D eigenvalue weighted by Gasteiger charge is -2.37. The molecular weight excluding hydrogens is 244 g/mol. The van der Waals surface area contributed by atoms with E-state index in [-0.39, 0.29) is 11.9 Å². The summed E-state index contributed by atoms with van der Waals surface area (Å²) in [5.74, 6) is 1.48. The van der Waals surface area contributed by atoms with Gasteiger partial charge in [0.1, 0.15) is 5.82 Å². The third-order valence-corrected chi connectivity index (χ3v) is 3.67. The average molecular weight is 264 g/mol. The molecule has 2 rings (SSSR count). The molecule has 1 saturated heterocycles. The van der Waals surface area contributed by atoms with E-state index in [1.54, 1.807) is 19.4 Å². The Kier molecular flexibility index (Phi) is 4.21. The minimum Gasteiger partial charge on any atom is -0.409 e. The summed E-state index contributed by atoms with van der Waals surface area (Å²) in [6, 6.07) is 3.55. The highest BCUT2D eigenvalue weighted by atomic mass is 16.5. The second-order valence-corrected chi connectivity index (χ2v) is 4.87. The monoisotopic (exact) mass is 264 g/mol. The highest BCUT2D eigenvalue weighted by Crippen LogP contribution is 2.23. The van der Waals surface area contributed by atoms with Crippen molar-refractivity contribution in [3.8, 4) is 0 Å². The van der Waals surface area contributed by atoms with Gasteiger partial charge < -0.3 is 20.6 Å². The molecule has 1 aliphatic rings. The molecular formula is C13H20N4O2. The van der Waals surface area contributed by atoms with Crippen LogP contribution in [0, 0.1) is 5.92 Å². The summed E-state index contributed by atoms with van der Waals surface area (Å²) in [6.45, 7) is 3.95. The summed E-state index contributed by atoms with van der Waals surface area (Å²) >= 11 is 0. The summed E-state index contributed by atoms with van der Waals surface area (Å²) in [7, 11) is 1.74. The van der Waals surface area contributed by atoms with Crippen LogP contribution in [0.5, 0.6) is 0 Å². The molecule has 0 saturated carbocycles. The van der Waals surface area contributed by atoms with Gasteiger partial charge in [-0.25, -0.2) is 4.98 Å². The zero-order chi connectivity index (χ0) is 13.8. The number of rotatable bonds is 3. The van der Waals surface area contributed by atoms with Crippen molar-refractivity contribution in [2.24, 2.45) is 16.8 Å². The molecule has 0 bridgehead atoms. The van der Waals surface area contributed by atoms with E-state index < -0.39 is 0 Å². The van der Waals surface area contributed by atoms with Gasteiger partial charge in [-0.15, -0.1) is 0 Å². The number of nitrogens with two attached hydrogens (primary N) is 1. The molecule has 104 valence electrons. The third-order valence-electron chi connectivity index (χ3n) is 3.67. The fraction of sp³-hybridized carbons (Fsp3) is 0.538. The van der Waals surface area contributed by atoms with Crippen LogP contribution < -0.4 is 10.6 Å². The van der Waals surface area contributed by atoms with E-state index in [4.69, 9.17) is 15.7 Å². The largest absolute Gasteiger partial charge is 0.409 e. The zero-order valence-corrected chi connectivity index (χ0v) is 11.3. The molecule has 0 aromatic carbocycles. The summed E-state index contributed by atoms with van der Waals surface area (Å²) in [6.07, 6.45) is 2.94. The SMILES string of the molecule is COC1CN(c2cc(/C(N)=N/O)ccn2)CCC1C. The maximum atomic E-state index is 8.71. The van der Waals surface area contributed by atoms with Crippen molar-refractivity contribution in [3.05, 3.63) is 23.9 Å². The van der Waals surface area contributed by atoms with Crippen LogP contribution >= 0.6 is 0 Å². The van der Waals surface area contributed by atoms with Crippen molar-refractivity contribution in [2.45, 2.75) is 19.4 Å². The molecule has 0 aliphatic carbocycles. The van der Waals surface area contributed by atoms with Crippen molar-refractivity contribution in [1.29, 1.82) is 0 Å². The first-order valence-corrected chi connectivity index (χ1v) is 6.37. The first-order chi connectivity index (χ1) is 9.15. The molecule has 1 aliphatic heterocycles. The Morgan fingerprint density at radius 3 is 3.11 bits per heavy atom. The first-order valence-electron chi connectivity index (χ1n) is 6.37. The highest BCUT2D eigenvalue weighted by molar-refractivity contribution is 5.97. The second kappa shape index (κ2) is 5.88. The lowest BCUT2D eigenvalue weighted by Crippen LogP contribution is -2.44. The number of piperidine rings is 1. The Bertz CT molecular complexity index is 464. The summed E-state index contributed by atoms with van der Waals surface area (Å²) in [5.41, 5.74) is 6.26. The van der Waals surface area contributed by atoms with Crippen LogP contribution in [0.4, 0.5) is 5.82 Å². The zero-order valence-electron chi connectivity index (χ0n) is 11.3. The number of hydrogen-bond acceptors (Lipinski definition) is 5. The lowest BCUT2D eigenvalue weighted by molar-refractivity contribution is 0.0496. The van der Waals surface area contributed by atoms with E-state index in [2.05, 4.69) is 22.0 Å². The van der Waals surface area contributed by atoms with Gasteiger partial charge in [-0.2, -0.15) is 0 Å². The van der Waals surface area contributed by atoms with Crippen molar-refractivity contribution in [1.82, 2.24) is 4.98 Å². The van der Waals surface area contributed by atoms with Gasteiger partial charge in [-0.3, -0.25) is 0 Å². The Morgan fingerprint density at radius 2 is 2.42 bits per heavy atom. The van der Waals surface area contributed by atoms with Crippen molar-refractivity contribution >= 4 is 11.7 Å². The van der Waals surface area contributed by atoms with Gasteiger partial charge in [0.2, 0.25) is 0 Å². The van der Waals surface area contributed by atoms with Gasteiger partial charge in [0.25, 0.3) is 0 Å². The molecule has 6 heteroatoms. The number of methoxy groups -OCH3 is 1. The summed E-state index contributed by atoms with van der Waals surface area (Å²) < 4.78 is 5.50. The fourth-order valence-corrected chi connectivity index (χ4v) is 2.36. The molecule has 1 fully saturated rings. The standard InChI is InChI=1S/C13H20N4O2/c1-9-4-6-17(8-11(9)19-2)12-7-10(3-5-15-12)13(14)16-18/h3,5,7,9,11,18H,4,6,8H2,1-2H3,(H2,14,16). The van der Waals surface area contributed by atoms with E-state index >= 15 is 0 Å². The molecule has 2 atom stereocenters. The molecule has 2 heterocycles. The van der Waals surface area contributed by atoms with Gasteiger partial charge in [0.05, 0.1) is 6.10 Å². The smallest absolute Gasteiger partial charge is 0.170 e. The number of pyridine rings is 1. The van der Waals surface area contributed by atoms with Crippen LogP contribution in [0.15, 0.2) is 23.5 Å². The van der Waals surface area contributed by atoms with Crippen LogP contribution in [0.1, 0.15) is 18.9 Å². The molecule has 0 spiro atoms. The summed E-state index contributed by atoms with van der Waals surface area (Å²) in [5, 5.41) is 11.7. The Labute approximate surface area is 112 Å². The molecule has 3 N–H and O–H groups in total. The van der Waals surface area contributed by atoms with Crippen LogP contribution in [0.3, 0.4) is 0 Å². The second-order valence-electron chi connectivity index (χ2n) is 4.87. The van der Waals surface area contributed by atoms with Gasteiger partial charge >= 0.3 is 0 Å². The molecule has 6 nitrogen and oxygen atoms in total. The summed E-state index contributed by atoms with van der Waals surface area (Å²) in [4.78, 5) is 6.52. The minimum absolute atomic E-state index is 0.0947. The van der Waals surface area contributed by atoms with Gasteiger partial charge in [-0.1, -0.05) is 12.1 Å². The van der Waals surface area contributed by atoms with E-state index in [9.17, 15) is 0 Å². The van der Waals surface area contributed by atoms with Gasteiger partial charge in [0.15, 0.2) is 5.84 Å². The number of oxime groups is 1. The Hall–Kier alpha value is -1.82. The number of ether oxygens (including phenoxy) is 1. The molecule has 0 radical (unpaired) electrons. The fourth-order valence-electron chi connectivity index (χ4n) is 2.36. The predicted octanol–water partition coefficient (Wildman–Crippen LogP) is 1.04. The number of nitrogens with zero attached hydrogens (tertiary/aromatic N) is 3. The maximum Gasteiger partial charge on any atom is 0.170 e. The van der Waals surface area contributed by atoms with Crippen LogP contribution in [-0.4, -0.2) is 42.3 Å². The predicted molar refractivity (Wildman–Crippen MR) is 73.5 cm³/mol. The topological polar surface area (TPSA) is 84.0 Å². The normalized spacial score (nSPS) is 24.5. The first kappa shape index (κ1) is 13.6. The maximum absolute atomic E-state index is 8.71. The Balaban J connectivity index is 2.18. The molecule has 1 aromatic heterocycles. The van der Waals surface area contributed by atoms with E-state index in [1.165, 1.54) is 0 Å².